The molecule has 5 nitrogen and oxygen atoms in total. The molecule has 0 radical (unpaired) electrons. The van der Waals surface area contributed by atoms with Gasteiger partial charge in [-0.05, 0) is 54.6 Å². The van der Waals surface area contributed by atoms with Gasteiger partial charge in [0, 0.05) is 22.0 Å². The van der Waals surface area contributed by atoms with Crippen molar-refractivity contribution in [1.82, 2.24) is 9.78 Å². The topological polar surface area (TPSA) is 64.2 Å². The molecule has 2 aromatic carbocycles. The number of fused-ring (bicyclic) bond motifs is 1. The first-order chi connectivity index (χ1) is 14.4. The number of aromatic nitrogens is 2. The van der Waals surface area contributed by atoms with E-state index in [0.717, 1.165) is 27.2 Å². The Kier molecular flexibility index (Phi) is 4.61. The minimum atomic E-state index is -0.329. The molecular weight excluding hydrogens is 423 g/mol. The Labute approximate surface area is 181 Å². The van der Waals surface area contributed by atoms with Crippen molar-refractivity contribution in [1.29, 1.82) is 0 Å². The van der Waals surface area contributed by atoms with E-state index in [9.17, 15) is 9.18 Å². The van der Waals surface area contributed by atoms with E-state index in [4.69, 9.17) is 17.3 Å². The summed E-state index contributed by atoms with van der Waals surface area (Å²) in [6.07, 6.45) is 1.74. The molecule has 3 atom stereocenters. The van der Waals surface area contributed by atoms with Gasteiger partial charge in [-0.1, -0.05) is 18.5 Å². The van der Waals surface area contributed by atoms with Crippen LogP contribution in [-0.2, 0) is 4.79 Å². The number of hydrogen-bond donors (Lipinski definition) is 1. The highest BCUT2D eigenvalue weighted by atomic mass is 35.5. The number of halogens is 2. The molecule has 30 heavy (non-hydrogen) atoms. The summed E-state index contributed by atoms with van der Waals surface area (Å²) in [6, 6.07) is 15.1. The van der Waals surface area contributed by atoms with Gasteiger partial charge >= 0.3 is 0 Å². The number of carbonyl (C=O) groups excluding carboxylic acids is 1. The molecule has 5 rings (SSSR count). The van der Waals surface area contributed by atoms with Gasteiger partial charge < -0.3 is 10.6 Å². The Balaban J connectivity index is 1.58. The molecule has 3 heterocycles. The van der Waals surface area contributed by atoms with Crippen molar-refractivity contribution in [2.75, 3.05) is 4.90 Å². The predicted molar refractivity (Wildman–Crippen MR) is 118 cm³/mol. The smallest absolute Gasteiger partial charge is 0.232 e. The summed E-state index contributed by atoms with van der Waals surface area (Å²) in [5, 5.41) is 5.32. The number of amides is 1. The summed E-state index contributed by atoms with van der Waals surface area (Å²) >= 11 is 7.58. The van der Waals surface area contributed by atoms with Crippen LogP contribution in [0.5, 0.6) is 0 Å². The Morgan fingerprint density at radius 2 is 1.83 bits per heavy atom. The maximum atomic E-state index is 13.3. The van der Waals surface area contributed by atoms with Crippen molar-refractivity contribution in [3.05, 3.63) is 75.8 Å². The van der Waals surface area contributed by atoms with Crippen molar-refractivity contribution < 1.29 is 9.18 Å². The van der Waals surface area contributed by atoms with Gasteiger partial charge in [0.2, 0.25) is 5.91 Å². The second kappa shape index (κ2) is 7.19. The van der Waals surface area contributed by atoms with Crippen LogP contribution >= 0.6 is 22.9 Å². The number of thiophene rings is 1. The number of benzene rings is 2. The lowest BCUT2D eigenvalue weighted by atomic mass is 10.0. The van der Waals surface area contributed by atoms with E-state index in [1.54, 1.807) is 27.9 Å². The molecule has 0 saturated carbocycles. The van der Waals surface area contributed by atoms with Crippen LogP contribution in [0.1, 0.15) is 17.8 Å². The predicted octanol–water partition coefficient (Wildman–Crippen LogP) is 4.93. The summed E-state index contributed by atoms with van der Waals surface area (Å²) < 4.78 is 15.7. The molecule has 152 valence electrons. The second-order valence-electron chi connectivity index (χ2n) is 7.44. The fourth-order valence-corrected chi connectivity index (χ4v) is 5.23. The molecule has 2 N–H and O–H groups in total. The Morgan fingerprint density at radius 3 is 2.53 bits per heavy atom. The molecule has 1 fully saturated rings. The normalized spacial score (nSPS) is 21.7. The molecule has 0 bridgehead atoms. The first-order valence-corrected chi connectivity index (χ1v) is 10.7. The zero-order valence-corrected chi connectivity index (χ0v) is 17.6. The van der Waals surface area contributed by atoms with Crippen LogP contribution in [0.15, 0.2) is 60.8 Å². The minimum Gasteiger partial charge on any atom is -0.325 e. The van der Waals surface area contributed by atoms with Gasteiger partial charge in [0.25, 0.3) is 0 Å². The molecule has 8 heteroatoms. The highest BCUT2D eigenvalue weighted by molar-refractivity contribution is 7.16. The van der Waals surface area contributed by atoms with E-state index < -0.39 is 0 Å². The molecule has 1 aliphatic rings. The minimum absolute atomic E-state index is 0.0118. The standard InChI is InChI=1S/C22H18ClFN4OS/c1-12-20(25)21(18-8-9-19(23)30-18)27(22(12)29)16-6-7-17-13(10-16)11-26-28(17)15-4-2-14(24)3-5-15/h2-12,20-21H,25H2,1H3/t12-,20+,21-/m1/s1. The Hall–Kier alpha value is -2.74. The quantitative estimate of drug-likeness (QED) is 0.491. The highest BCUT2D eigenvalue weighted by Gasteiger charge is 2.45. The number of nitrogens with zero attached hydrogens (tertiary/aromatic N) is 3. The van der Waals surface area contributed by atoms with Crippen molar-refractivity contribution in [3.63, 3.8) is 0 Å². The van der Waals surface area contributed by atoms with Gasteiger partial charge in [-0.25, -0.2) is 9.07 Å². The fraction of sp³-hybridized carbons (Fsp3) is 0.182. The fourth-order valence-electron chi connectivity index (χ4n) is 4.02. The lowest BCUT2D eigenvalue weighted by molar-refractivity contribution is -0.120. The van der Waals surface area contributed by atoms with Crippen molar-refractivity contribution in [3.8, 4) is 5.69 Å². The van der Waals surface area contributed by atoms with E-state index >= 15 is 0 Å². The monoisotopic (exact) mass is 440 g/mol. The van der Waals surface area contributed by atoms with Gasteiger partial charge in [0.1, 0.15) is 5.82 Å². The highest BCUT2D eigenvalue weighted by Crippen LogP contribution is 2.43. The van der Waals surface area contributed by atoms with E-state index in [2.05, 4.69) is 5.10 Å². The molecule has 1 saturated heterocycles. The van der Waals surface area contributed by atoms with Crippen LogP contribution < -0.4 is 10.6 Å². The van der Waals surface area contributed by atoms with Crippen molar-refractivity contribution in [2.24, 2.45) is 11.7 Å². The SMILES string of the molecule is C[C@H]1C(=O)N(c2ccc3c(cnn3-c3ccc(F)cc3)c2)[C@H](c2ccc(Cl)s2)[C@H]1N. The number of rotatable bonds is 3. The number of anilines is 1. The van der Waals surface area contributed by atoms with Crippen LogP contribution in [0.2, 0.25) is 4.34 Å². The largest absolute Gasteiger partial charge is 0.325 e. The summed E-state index contributed by atoms with van der Waals surface area (Å²) in [7, 11) is 0. The summed E-state index contributed by atoms with van der Waals surface area (Å²) in [5.74, 6) is -0.606. The molecule has 0 unspecified atom stereocenters. The Bertz CT molecular complexity index is 1250. The molecule has 4 aromatic rings. The third-order valence-corrected chi connectivity index (χ3v) is 6.94. The summed E-state index contributed by atoms with van der Waals surface area (Å²) in [6.45, 7) is 1.86. The van der Waals surface area contributed by atoms with Crippen LogP contribution in [0.4, 0.5) is 10.1 Å². The molecule has 1 aliphatic heterocycles. The van der Waals surface area contributed by atoms with Crippen LogP contribution in [0.3, 0.4) is 0 Å². The zero-order chi connectivity index (χ0) is 21.0. The zero-order valence-electron chi connectivity index (χ0n) is 16.0. The molecule has 1 amide bonds. The number of carbonyl (C=O) groups is 1. The van der Waals surface area contributed by atoms with Crippen molar-refractivity contribution in [2.45, 2.75) is 19.0 Å². The van der Waals surface area contributed by atoms with Crippen LogP contribution in [0.25, 0.3) is 16.6 Å². The van der Waals surface area contributed by atoms with E-state index in [1.165, 1.54) is 23.5 Å². The summed E-state index contributed by atoms with van der Waals surface area (Å²) in [5.41, 5.74) is 8.83. The van der Waals surface area contributed by atoms with Gasteiger partial charge in [-0.15, -0.1) is 11.3 Å². The lowest BCUT2D eigenvalue weighted by Gasteiger charge is -2.26. The Morgan fingerprint density at radius 1 is 1.10 bits per heavy atom. The molecule has 0 spiro atoms. The van der Waals surface area contributed by atoms with E-state index in [-0.39, 0.29) is 29.7 Å². The average Bonchev–Trinajstić information content (AvgIpc) is 3.41. The number of hydrogen-bond acceptors (Lipinski definition) is 4. The molecule has 2 aromatic heterocycles. The average molecular weight is 441 g/mol. The van der Waals surface area contributed by atoms with Gasteiger partial charge in [0.05, 0.1) is 33.7 Å². The third-order valence-electron chi connectivity index (χ3n) is 5.63. The van der Waals surface area contributed by atoms with Gasteiger partial charge in [-0.2, -0.15) is 5.10 Å². The summed E-state index contributed by atoms with van der Waals surface area (Å²) in [4.78, 5) is 15.8. The van der Waals surface area contributed by atoms with Gasteiger partial charge in [0.15, 0.2) is 0 Å². The lowest BCUT2D eigenvalue weighted by Crippen LogP contribution is -2.33. The maximum absolute atomic E-state index is 13.3. The second-order valence-corrected chi connectivity index (χ2v) is 9.18. The van der Waals surface area contributed by atoms with Crippen molar-refractivity contribution >= 4 is 45.4 Å². The van der Waals surface area contributed by atoms with Gasteiger partial charge in [-0.3, -0.25) is 4.79 Å². The van der Waals surface area contributed by atoms with Crippen LogP contribution in [-0.4, -0.2) is 21.7 Å². The number of nitrogens with two attached hydrogens (primary N) is 1. The molecule has 0 aliphatic carbocycles. The molecular formula is C22H18ClFN4OS. The van der Waals surface area contributed by atoms with Crippen LogP contribution in [0, 0.1) is 11.7 Å². The van der Waals surface area contributed by atoms with E-state index in [0.29, 0.717) is 4.34 Å². The third kappa shape index (κ3) is 3.01. The maximum Gasteiger partial charge on any atom is 0.232 e. The first-order valence-electron chi connectivity index (χ1n) is 9.51. The van der Waals surface area contributed by atoms with E-state index in [1.807, 2.05) is 37.3 Å². The first kappa shape index (κ1) is 19.2.